The maximum atomic E-state index is 6.47. The van der Waals surface area contributed by atoms with Crippen molar-refractivity contribution in [3.05, 3.63) is 71.2 Å². The summed E-state index contributed by atoms with van der Waals surface area (Å²) >= 11 is 6.47. The monoisotopic (exact) mass is 349 g/mol. The van der Waals surface area contributed by atoms with E-state index in [1.54, 1.807) is 0 Å². The van der Waals surface area contributed by atoms with Gasteiger partial charge in [-0.1, -0.05) is 73.8 Å². The van der Waals surface area contributed by atoms with E-state index in [1.165, 1.54) is 47.0 Å². The van der Waals surface area contributed by atoms with Crippen molar-refractivity contribution in [2.45, 2.75) is 45.1 Å². The van der Waals surface area contributed by atoms with E-state index in [9.17, 15) is 0 Å². The molecular weight excluding hydrogens is 326 g/mol. The summed E-state index contributed by atoms with van der Waals surface area (Å²) in [5.74, 6) is 0.578. The Morgan fingerprint density at radius 2 is 1.72 bits per heavy atom. The molecule has 1 aliphatic heterocycles. The number of hydrogen-bond acceptors (Lipinski definition) is 1. The van der Waals surface area contributed by atoms with Crippen LogP contribution in [0.25, 0.3) is 10.8 Å². The molecule has 1 nitrogen and oxygen atoms in total. The van der Waals surface area contributed by atoms with Gasteiger partial charge in [-0.2, -0.15) is 0 Å². The van der Waals surface area contributed by atoms with E-state index in [2.05, 4.69) is 79.4 Å². The number of anilines is 2. The summed E-state index contributed by atoms with van der Waals surface area (Å²) in [4.78, 5) is 2.50. The molecule has 2 unspecified atom stereocenters. The molecule has 0 aliphatic carbocycles. The molecule has 0 saturated carbocycles. The summed E-state index contributed by atoms with van der Waals surface area (Å²) in [6, 6.07) is 22.0. The molecule has 3 aromatic rings. The van der Waals surface area contributed by atoms with Gasteiger partial charge in [-0.05, 0) is 42.5 Å². The van der Waals surface area contributed by atoms with Crippen LogP contribution < -0.4 is 4.90 Å². The summed E-state index contributed by atoms with van der Waals surface area (Å²) in [7, 11) is 0. The minimum Gasteiger partial charge on any atom is -0.337 e. The molecule has 0 amide bonds. The van der Waals surface area contributed by atoms with Crippen LogP contribution in [-0.2, 0) is 0 Å². The van der Waals surface area contributed by atoms with Gasteiger partial charge in [-0.15, -0.1) is 0 Å². The molecule has 0 radical (unpaired) electrons. The Morgan fingerprint density at radius 3 is 2.56 bits per heavy atom. The fraction of sp³-hybridized carbons (Fsp3) is 0.304. The van der Waals surface area contributed by atoms with Gasteiger partial charge in [0.1, 0.15) is 0 Å². The van der Waals surface area contributed by atoms with Crippen molar-refractivity contribution in [3.63, 3.8) is 0 Å². The average molecular weight is 350 g/mol. The molecule has 2 atom stereocenters. The molecule has 0 aromatic heterocycles. The molecule has 0 spiro atoms. The minimum atomic E-state index is 0.436. The summed E-state index contributed by atoms with van der Waals surface area (Å²) < 4.78 is 0. The third kappa shape index (κ3) is 2.81. The first kappa shape index (κ1) is 16.5. The molecular formula is C23H24ClN. The largest absolute Gasteiger partial charge is 0.337 e. The number of hydrogen-bond donors (Lipinski definition) is 0. The second-order valence-electron chi connectivity index (χ2n) is 7.06. The predicted molar refractivity (Wildman–Crippen MR) is 109 cm³/mol. The lowest BCUT2D eigenvalue weighted by molar-refractivity contribution is 0.531. The van der Waals surface area contributed by atoms with Crippen molar-refractivity contribution in [1.82, 2.24) is 0 Å². The van der Waals surface area contributed by atoms with Gasteiger partial charge in [0.15, 0.2) is 0 Å². The number of nitrogens with zero attached hydrogens (tertiary/aromatic N) is 1. The zero-order chi connectivity index (χ0) is 17.4. The van der Waals surface area contributed by atoms with Gasteiger partial charge in [-0.25, -0.2) is 0 Å². The average Bonchev–Trinajstić information content (AvgIpc) is 2.90. The fourth-order valence-electron chi connectivity index (χ4n) is 4.30. The molecule has 0 saturated heterocycles. The Hall–Kier alpha value is -1.99. The number of benzene rings is 3. The Balaban J connectivity index is 1.88. The van der Waals surface area contributed by atoms with Gasteiger partial charge in [0.25, 0.3) is 0 Å². The molecule has 0 bridgehead atoms. The van der Waals surface area contributed by atoms with Crippen LogP contribution in [0.4, 0.5) is 11.4 Å². The third-order valence-corrected chi connectivity index (χ3v) is 5.74. The highest BCUT2D eigenvalue weighted by Crippen LogP contribution is 2.49. The van der Waals surface area contributed by atoms with Crippen LogP contribution in [0.1, 0.15) is 44.6 Å². The lowest BCUT2D eigenvalue weighted by atomic mass is 9.91. The molecule has 25 heavy (non-hydrogen) atoms. The number of para-hydroxylation sites is 1. The predicted octanol–water partition coefficient (Wildman–Crippen LogP) is 7.31. The van der Waals surface area contributed by atoms with Gasteiger partial charge in [-0.3, -0.25) is 0 Å². The van der Waals surface area contributed by atoms with E-state index in [1.807, 2.05) is 0 Å². The highest BCUT2D eigenvalue weighted by atomic mass is 35.5. The SMILES string of the molecule is CCCCC1c2ccccc2N(c2cc(Cl)cc3ccccc23)C1C. The lowest BCUT2D eigenvalue weighted by Crippen LogP contribution is -2.27. The smallest absolute Gasteiger partial charge is 0.0508 e. The van der Waals surface area contributed by atoms with Gasteiger partial charge in [0.2, 0.25) is 0 Å². The number of fused-ring (bicyclic) bond motifs is 2. The molecule has 1 heterocycles. The van der Waals surface area contributed by atoms with Crippen LogP contribution in [-0.4, -0.2) is 6.04 Å². The van der Waals surface area contributed by atoms with E-state index in [4.69, 9.17) is 11.6 Å². The molecule has 2 heteroatoms. The third-order valence-electron chi connectivity index (χ3n) is 5.52. The second-order valence-corrected chi connectivity index (χ2v) is 7.50. The van der Waals surface area contributed by atoms with Crippen molar-refractivity contribution < 1.29 is 0 Å². The summed E-state index contributed by atoms with van der Waals surface area (Å²) in [5.41, 5.74) is 4.04. The van der Waals surface area contributed by atoms with Crippen LogP contribution in [0.3, 0.4) is 0 Å². The van der Waals surface area contributed by atoms with Crippen molar-refractivity contribution in [2.75, 3.05) is 4.90 Å². The maximum absolute atomic E-state index is 6.47. The Labute approximate surface area is 155 Å². The fourth-order valence-corrected chi connectivity index (χ4v) is 4.52. The van der Waals surface area contributed by atoms with Crippen LogP contribution >= 0.6 is 11.6 Å². The number of halogens is 1. The van der Waals surface area contributed by atoms with Crippen molar-refractivity contribution in [3.8, 4) is 0 Å². The van der Waals surface area contributed by atoms with E-state index in [0.717, 1.165) is 5.02 Å². The van der Waals surface area contributed by atoms with E-state index in [-0.39, 0.29) is 0 Å². The second kappa shape index (κ2) is 6.72. The Bertz CT molecular complexity index is 901. The van der Waals surface area contributed by atoms with Crippen LogP contribution in [0.2, 0.25) is 5.02 Å². The first-order valence-corrected chi connectivity index (χ1v) is 9.65. The lowest BCUT2D eigenvalue weighted by Gasteiger charge is -2.29. The molecule has 0 fully saturated rings. The Morgan fingerprint density at radius 1 is 0.960 bits per heavy atom. The zero-order valence-electron chi connectivity index (χ0n) is 14.9. The van der Waals surface area contributed by atoms with Crippen LogP contribution in [0, 0.1) is 0 Å². The Kier molecular flexibility index (Phi) is 4.43. The normalized spacial score (nSPS) is 19.4. The summed E-state index contributed by atoms with van der Waals surface area (Å²) in [5, 5.41) is 3.27. The van der Waals surface area contributed by atoms with Gasteiger partial charge < -0.3 is 4.90 Å². The van der Waals surface area contributed by atoms with E-state index in [0.29, 0.717) is 12.0 Å². The molecule has 3 aromatic carbocycles. The van der Waals surface area contributed by atoms with Crippen molar-refractivity contribution >= 4 is 33.7 Å². The summed E-state index contributed by atoms with van der Waals surface area (Å²) in [6.07, 6.45) is 3.75. The molecule has 4 rings (SSSR count). The van der Waals surface area contributed by atoms with Crippen LogP contribution in [0.5, 0.6) is 0 Å². The quantitative estimate of drug-likeness (QED) is 0.477. The highest BCUT2D eigenvalue weighted by molar-refractivity contribution is 6.32. The van der Waals surface area contributed by atoms with Gasteiger partial charge in [0.05, 0.1) is 5.69 Å². The standard InChI is InChI=1S/C23H24ClN/c1-3-4-10-19-16(2)25(22-13-8-7-12-21(19)22)23-15-18(24)14-17-9-5-6-11-20(17)23/h5-9,11-16,19H,3-4,10H2,1-2H3. The molecule has 1 aliphatic rings. The zero-order valence-corrected chi connectivity index (χ0v) is 15.6. The molecule has 128 valence electrons. The van der Waals surface area contributed by atoms with E-state index < -0.39 is 0 Å². The first-order chi connectivity index (χ1) is 12.2. The van der Waals surface area contributed by atoms with Crippen LogP contribution in [0.15, 0.2) is 60.7 Å². The topological polar surface area (TPSA) is 3.24 Å². The molecule has 0 N–H and O–H groups in total. The first-order valence-electron chi connectivity index (χ1n) is 9.27. The summed E-state index contributed by atoms with van der Waals surface area (Å²) in [6.45, 7) is 4.63. The van der Waals surface area contributed by atoms with Gasteiger partial charge >= 0.3 is 0 Å². The van der Waals surface area contributed by atoms with Crippen molar-refractivity contribution in [2.24, 2.45) is 0 Å². The highest BCUT2D eigenvalue weighted by Gasteiger charge is 2.36. The van der Waals surface area contributed by atoms with Gasteiger partial charge in [0, 0.05) is 28.1 Å². The number of rotatable bonds is 4. The van der Waals surface area contributed by atoms with E-state index >= 15 is 0 Å². The number of unbranched alkanes of at least 4 members (excludes halogenated alkanes) is 1. The van der Waals surface area contributed by atoms with Crippen molar-refractivity contribution in [1.29, 1.82) is 0 Å². The maximum Gasteiger partial charge on any atom is 0.0508 e. The minimum absolute atomic E-state index is 0.436.